The molecule has 8 heteroatoms. The number of cyclic esters (lactones) is 1. The number of hydrogen-bond acceptors (Lipinski definition) is 8. The summed E-state index contributed by atoms with van der Waals surface area (Å²) in [5.74, 6) is 2.26. The summed E-state index contributed by atoms with van der Waals surface area (Å²) in [6.45, 7) is 0.151. The lowest BCUT2D eigenvalue weighted by Gasteiger charge is -2.16. The molecule has 8 nitrogen and oxygen atoms in total. The summed E-state index contributed by atoms with van der Waals surface area (Å²) < 4.78 is 38.7. The molecule has 0 atom stereocenters. The van der Waals surface area contributed by atoms with Gasteiger partial charge < -0.3 is 33.2 Å². The first-order valence-corrected chi connectivity index (χ1v) is 7.90. The molecule has 0 saturated heterocycles. The number of esters is 1. The van der Waals surface area contributed by atoms with E-state index < -0.39 is 5.97 Å². The second kappa shape index (κ2) is 5.35. The highest BCUT2D eigenvalue weighted by atomic mass is 16.7. The summed E-state index contributed by atoms with van der Waals surface area (Å²) >= 11 is 0. The summed E-state index contributed by atoms with van der Waals surface area (Å²) in [7, 11) is 3.04. The van der Waals surface area contributed by atoms with Crippen LogP contribution in [-0.4, -0.2) is 33.8 Å². The van der Waals surface area contributed by atoms with Crippen LogP contribution < -0.4 is 28.4 Å². The van der Waals surface area contributed by atoms with E-state index in [1.807, 2.05) is 0 Å². The Kier molecular flexibility index (Phi) is 3.09. The zero-order valence-electron chi connectivity index (χ0n) is 14.0. The van der Waals surface area contributed by atoms with Crippen LogP contribution in [-0.2, 0) is 11.3 Å². The zero-order valence-corrected chi connectivity index (χ0v) is 14.0. The summed E-state index contributed by atoms with van der Waals surface area (Å²) in [5.41, 5.74) is 2.25. The van der Waals surface area contributed by atoms with Gasteiger partial charge in [0.1, 0.15) is 6.61 Å². The third kappa shape index (κ3) is 1.86. The van der Waals surface area contributed by atoms with Crippen LogP contribution >= 0.6 is 0 Å². The molecule has 2 aromatic carbocycles. The number of benzene rings is 2. The number of carbonyl (C=O) groups is 1. The monoisotopic (exact) mass is 358 g/mol. The molecular formula is C18H14O8. The maximum Gasteiger partial charge on any atom is 0.339 e. The van der Waals surface area contributed by atoms with Crippen LogP contribution in [0.3, 0.4) is 0 Å². The van der Waals surface area contributed by atoms with E-state index in [1.54, 1.807) is 19.2 Å². The Bertz CT molecular complexity index is 949. The van der Waals surface area contributed by atoms with Crippen molar-refractivity contribution >= 4 is 5.97 Å². The van der Waals surface area contributed by atoms with Crippen molar-refractivity contribution in [3.63, 3.8) is 0 Å². The van der Waals surface area contributed by atoms with Gasteiger partial charge in [0.25, 0.3) is 0 Å². The SMILES string of the molecule is COc1cc2c(c3c1OCO3)-c1c(cc(OC)c3c1OCO3)C(=O)OC2. The van der Waals surface area contributed by atoms with Gasteiger partial charge in [0.2, 0.25) is 25.1 Å². The lowest BCUT2D eigenvalue weighted by atomic mass is 9.93. The van der Waals surface area contributed by atoms with Crippen LogP contribution in [0.4, 0.5) is 0 Å². The maximum atomic E-state index is 12.6. The predicted molar refractivity (Wildman–Crippen MR) is 86.3 cm³/mol. The van der Waals surface area contributed by atoms with Crippen molar-refractivity contribution in [1.82, 2.24) is 0 Å². The highest BCUT2D eigenvalue weighted by Gasteiger charge is 2.37. The molecule has 0 aromatic heterocycles. The highest BCUT2D eigenvalue weighted by molar-refractivity contribution is 6.04. The number of ether oxygens (including phenoxy) is 7. The molecule has 5 rings (SSSR count). The van der Waals surface area contributed by atoms with Crippen molar-refractivity contribution in [2.75, 3.05) is 27.8 Å². The minimum atomic E-state index is -0.487. The Hall–Kier alpha value is -3.29. The molecule has 3 heterocycles. The van der Waals surface area contributed by atoms with Crippen LogP contribution in [0.5, 0.6) is 34.5 Å². The van der Waals surface area contributed by atoms with Gasteiger partial charge in [-0.15, -0.1) is 0 Å². The largest absolute Gasteiger partial charge is 0.493 e. The molecular weight excluding hydrogens is 344 g/mol. The zero-order chi connectivity index (χ0) is 17.8. The van der Waals surface area contributed by atoms with Gasteiger partial charge in [0, 0.05) is 16.7 Å². The lowest BCUT2D eigenvalue weighted by molar-refractivity contribution is 0.0478. The van der Waals surface area contributed by atoms with Gasteiger partial charge in [-0.05, 0) is 12.1 Å². The topological polar surface area (TPSA) is 81.7 Å². The van der Waals surface area contributed by atoms with Gasteiger partial charge in [-0.1, -0.05) is 0 Å². The van der Waals surface area contributed by atoms with Gasteiger partial charge in [0.05, 0.1) is 19.8 Å². The smallest absolute Gasteiger partial charge is 0.339 e. The molecule has 0 amide bonds. The molecule has 0 bridgehead atoms. The summed E-state index contributed by atoms with van der Waals surface area (Å²) in [6, 6.07) is 3.37. The van der Waals surface area contributed by atoms with E-state index in [0.29, 0.717) is 51.2 Å². The van der Waals surface area contributed by atoms with E-state index in [1.165, 1.54) is 7.11 Å². The van der Waals surface area contributed by atoms with Gasteiger partial charge in [-0.25, -0.2) is 4.79 Å². The number of hydrogen-bond donors (Lipinski definition) is 0. The van der Waals surface area contributed by atoms with Gasteiger partial charge in [-0.3, -0.25) is 0 Å². The van der Waals surface area contributed by atoms with Crippen LogP contribution in [0.2, 0.25) is 0 Å². The highest BCUT2D eigenvalue weighted by Crippen LogP contribution is 2.57. The first kappa shape index (κ1) is 15.0. The fourth-order valence-electron chi connectivity index (χ4n) is 3.45. The third-order valence-corrected chi connectivity index (χ3v) is 4.57. The second-order valence-corrected chi connectivity index (χ2v) is 5.82. The average molecular weight is 358 g/mol. The first-order valence-electron chi connectivity index (χ1n) is 7.90. The van der Waals surface area contributed by atoms with E-state index in [0.717, 1.165) is 5.56 Å². The number of fused-ring (bicyclic) bond motifs is 7. The molecule has 0 N–H and O–H groups in total. The van der Waals surface area contributed by atoms with Crippen molar-refractivity contribution in [3.05, 3.63) is 23.3 Å². The maximum absolute atomic E-state index is 12.6. The van der Waals surface area contributed by atoms with Crippen LogP contribution in [0.15, 0.2) is 12.1 Å². The molecule has 3 aliphatic rings. The molecule has 0 aliphatic carbocycles. The molecule has 0 saturated carbocycles. The van der Waals surface area contributed by atoms with Gasteiger partial charge in [0.15, 0.2) is 23.0 Å². The van der Waals surface area contributed by atoms with Gasteiger partial charge >= 0.3 is 5.97 Å². The standard InChI is InChI=1S/C18H14O8/c1-20-10-3-8-5-22-18(19)9-4-11(21-2)15-17(26-7-24-15)13(9)12(8)16-14(10)23-6-25-16/h3-4H,5-7H2,1-2H3. The van der Waals surface area contributed by atoms with Crippen molar-refractivity contribution < 1.29 is 38.0 Å². The van der Waals surface area contributed by atoms with Crippen LogP contribution in [0.1, 0.15) is 15.9 Å². The van der Waals surface area contributed by atoms with Crippen molar-refractivity contribution in [2.45, 2.75) is 6.61 Å². The second-order valence-electron chi connectivity index (χ2n) is 5.82. The average Bonchev–Trinajstić information content (AvgIpc) is 3.31. The fraction of sp³-hybridized carbons (Fsp3) is 0.278. The van der Waals surface area contributed by atoms with Crippen LogP contribution in [0.25, 0.3) is 11.1 Å². The molecule has 2 aromatic rings. The lowest BCUT2D eigenvalue weighted by Crippen LogP contribution is -2.04. The molecule has 0 spiro atoms. The van der Waals surface area contributed by atoms with E-state index in [4.69, 9.17) is 33.2 Å². The molecule has 0 fully saturated rings. The molecule has 26 heavy (non-hydrogen) atoms. The first-order chi connectivity index (χ1) is 12.7. The van der Waals surface area contributed by atoms with Crippen LogP contribution in [0, 0.1) is 0 Å². The van der Waals surface area contributed by atoms with Crippen molar-refractivity contribution in [3.8, 4) is 45.6 Å². The third-order valence-electron chi connectivity index (χ3n) is 4.57. The minimum Gasteiger partial charge on any atom is -0.493 e. The van der Waals surface area contributed by atoms with E-state index in [-0.39, 0.29) is 20.2 Å². The number of carbonyl (C=O) groups excluding carboxylic acids is 1. The Balaban J connectivity index is 1.89. The predicted octanol–water partition coefficient (Wildman–Crippen LogP) is 2.50. The minimum absolute atomic E-state index is 0.0300. The summed E-state index contributed by atoms with van der Waals surface area (Å²) in [6.07, 6.45) is 0. The van der Waals surface area contributed by atoms with Gasteiger partial charge in [-0.2, -0.15) is 0 Å². The number of rotatable bonds is 2. The molecule has 134 valence electrons. The van der Waals surface area contributed by atoms with Crippen molar-refractivity contribution in [1.29, 1.82) is 0 Å². The molecule has 3 aliphatic heterocycles. The fourth-order valence-corrected chi connectivity index (χ4v) is 3.45. The van der Waals surface area contributed by atoms with E-state index in [2.05, 4.69) is 0 Å². The Labute approximate surface area is 148 Å². The molecule has 0 radical (unpaired) electrons. The Morgan fingerprint density at radius 1 is 0.769 bits per heavy atom. The Morgan fingerprint density at radius 3 is 2.00 bits per heavy atom. The van der Waals surface area contributed by atoms with E-state index in [9.17, 15) is 4.79 Å². The number of methoxy groups -OCH3 is 2. The van der Waals surface area contributed by atoms with E-state index >= 15 is 0 Å². The molecule has 0 unspecified atom stereocenters. The normalized spacial score (nSPS) is 15.7. The quantitative estimate of drug-likeness (QED) is 0.758. The summed E-state index contributed by atoms with van der Waals surface area (Å²) in [4.78, 5) is 12.6. The summed E-state index contributed by atoms with van der Waals surface area (Å²) in [5, 5.41) is 0. The van der Waals surface area contributed by atoms with Crippen molar-refractivity contribution in [2.24, 2.45) is 0 Å². The Morgan fingerprint density at radius 2 is 1.35 bits per heavy atom.